The van der Waals surface area contributed by atoms with E-state index in [1.54, 1.807) is 0 Å². The summed E-state index contributed by atoms with van der Waals surface area (Å²) < 4.78 is 0. The summed E-state index contributed by atoms with van der Waals surface area (Å²) in [6.45, 7) is 0. The quantitative estimate of drug-likeness (QED) is 0.365. The van der Waals surface area contributed by atoms with E-state index in [1.165, 1.54) is 0 Å². The van der Waals surface area contributed by atoms with Crippen molar-refractivity contribution < 1.29 is 32.9 Å². The molecule has 12 N–H and O–H groups in total. The minimum atomic E-state index is 0. The standard InChI is InChI=1S/2Al.Mg.6H2O.2Si/h;;;6*1H2;;. The highest BCUT2D eigenvalue weighted by Gasteiger charge is 0.00407. The van der Waals surface area contributed by atoms with Gasteiger partial charge in [0.25, 0.3) is 0 Å². The van der Waals surface area contributed by atoms with Gasteiger partial charge in [0.05, 0.1) is 0 Å². The van der Waals surface area contributed by atoms with Crippen LogP contribution in [0.4, 0.5) is 0 Å². The van der Waals surface area contributed by atoms with Crippen molar-refractivity contribution in [3.05, 3.63) is 0 Å². The smallest absolute Gasteiger partial charge is 0 e. The zero-order valence-electron chi connectivity index (χ0n) is 5.86. The lowest BCUT2D eigenvalue weighted by atomic mass is 16.0. The zero-order chi connectivity index (χ0) is 0. The Kier molecular flexibility index (Phi) is 14900. The Morgan fingerprint density at radius 1 is 0.364 bits per heavy atom. The maximum Gasteiger partial charge on any atom is 0 e. The molecule has 0 unspecified atom stereocenters. The van der Waals surface area contributed by atoms with Crippen LogP contribution < -0.4 is 0 Å². The molecular weight excluding hydrogens is 230 g/mol. The molecule has 16 radical (unpaired) electrons. The highest BCUT2D eigenvalue weighted by atomic mass is 28.1. The van der Waals surface area contributed by atoms with Crippen LogP contribution in [0.5, 0.6) is 0 Å². The third-order valence-corrected chi connectivity index (χ3v) is 0. The molecule has 0 heterocycles. The van der Waals surface area contributed by atoms with Crippen LogP contribution in [0.1, 0.15) is 0 Å². The maximum atomic E-state index is 0. The second kappa shape index (κ2) is 356. The second-order valence-electron chi connectivity index (χ2n) is 0. The molecule has 64 valence electrons. The molecule has 0 spiro atoms. The fraction of sp³-hybridized carbons (Fsp3) is 0. The van der Waals surface area contributed by atoms with Gasteiger partial charge in [-0.2, -0.15) is 0 Å². The van der Waals surface area contributed by atoms with Crippen LogP contribution >= 0.6 is 0 Å². The van der Waals surface area contributed by atoms with Gasteiger partial charge in [0.1, 0.15) is 0 Å². The van der Waals surface area contributed by atoms with Crippen LogP contribution in [0.25, 0.3) is 0 Å². The largest absolute Gasteiger partial charge is 0.412 e. The Hall–Kier alpha value is 2.02. The molecule has 0 aromatic carbocycles. The predicted molar refractivity (Wildman–Crippen MR) is 50.5 cm³/mol. The summed E-state index contributed by atoms with van der Waals surface area (Å²) in [5, 5.41) is 0. The van der Waals surface area contributed by atoms with E-state index < -0.39 is 0 Å². The summed E-state index contributed by atoms with van der Waals surface area (Å²) >= 11 is 0. The summed E-state index contributed by atoms with van der Waals surface area (Å²) in [7, 11) is 0. The first-order valence-electron chi connectivity index (χ1n) is 0. The summed E-state index contributed by atoms with van der Waals surface area (Å²) in [4.78, 5) is 0. The third-order valence-electron chi connectivity index (χ3n) is 0. The first kappa shape index (κ1) is 459. The number of rotatable bonds is 0. The summed E-state index contributed by atoms with van der Waals surface area (Å²) in [5.41, 5.74) is 0. The van der Waals surface area contributed by atoms with Gasteiger partial charge in [-0.15, -0.1) is 0 Å². The van der Waals surface area contributed by atoms with Gasteiger partial charge in [0.15, 0.2) is 0 Å². The van der Waals surface area contributed by atoms with Gasteiger partial charge < -0.3 is 32.9 Å². The molecule has 0 aliphatic heterocycles. The van der Waals surface area contributed by atoms with Crippen molar-refractivity contribution in [2.75, 3.05) is 0 Å². The van der Waals surface area contributed by atoms with Crippen molar-refractivity contribution >= 4 is 79.7 Å². The fourth-order valence-corrected chi connectivity index (χ4v) is 0. The third kappa shape index (κ3) is 295. The number of hydrogen-bond acceptors (Lipinski definition) is 0. The molecule has 0 bridgehead atoms. The molecule has 6 nitrogen and oxygen atoms in total. The van der Waals surface area contributed by atoms with E-state index in [2.05, 4.69) is 0 Å². The van der Waals surface area contributed by atoms with E-state index >= 15 is 0 Å². The SMILES string of the molecule is O.O.O.O.O.O.[Al].[Al].[Mg].[Si].[Si]. The highest BCUT2D eigenvalue weighted by Crippen LogP contribution is -0.284. The van der Waals surface area contributed by atoms with Gasteiger partial charge in [-0.05, 0) is 0 Å². The molecule has 0 amide bonds. The van der Waals surface area contributed by atoms with Gasteiger partial charge in [0.2, 0.25) is 0 Å². The van der Waals surface area contributed by atoms with Crippen molar-refractivity contribution in [2.24, 2.45) is 0 Å². The van der Waals surface area contributed by atoms with Crippen molar-refractivity contribution in [2.45, 2.75) is 0 Å². The van der Waals surface area contributed by atoms with Crippen LogP contribution in [0.2, 0.25) is 0 Å². The molecule has 0 aromatic rings. The van der Waals surface area contributed by atoms with Gasteiger partial charge in [0, 0.05) is 79.7 Å². The summed E-state index contributed by atoms with van der Waals surface area (Å²) in [6, 6.07) is 0. The molecule has 0 aliphatic rings. The van der Waals surface area contributed by atoms with Gasteiger partial charge in [-0.25, -0.2) is 0 Å². The minimum Gasteiger partial charge on any atom is -0.412 e. The van der Waals surface area contributed by atoms with Crippen molar-refractivity contribution in [3.8, 4) is 0 Å². The van der Waals surface area contributed by atoms with Crippen LogP contribution in [0, 0.1) is 0 Å². The monoisotopic (exact) mass is 242 g/mol. The lowest BCUT2D eigenvalue weighted by Gasteiger charge is -0.413. The predicted octanol–water partition coefficient (Wildman–Crippen LogP) is -6.85. The Bertz CT molecular complexity index is 18.5. The second-order valence-corrected chi connectivity index (χ2v) is 0. The van der Waals surface area contributed by atoms with E-state index in [-0.39, 0.29) is 113 Å². The topological polar surface area (TPSA) is 189 Å². The molecule has 0 saturated heterocycles. The number of hydrogen-bond donors (Lipinski definition) is 0. The molecular formula is H12Al2MgO6Si2. The Labute approximate surface area is 112 Å². The Balaban J connectivity index is 0. The van der Waals surface area contributed by atoms with Gasteiger partial charge >= 0.3 is 0 Å². The summed E-state index contributed by atoms with van der Waals surface area (Å²) in [5.74, 6) is 0. The zero-order valence-corrected chi connectivity index (χ0v) is 11.6. The van der Waals surface area contributed by atoms with Crippen molar-refractivity contribution in [1.82, 2.24) is 0 Å². The van der Waals surface area contributed by atoms with Crippen LogP contribution in [0.15, 0.2) is 0 Å². The van der Waals surface area contributed by atoms with Gasteiger partial charge in [-0.3, -0.25) is 0 Å². The van der Waals surface area contributed by atoms with Crippen molar-refractivity contribution in [1.29, 1.82) is 0 Å². The first-order chi connectivity index (χ1) is 0. The average Bonchev–Trinajstić information content (AvgIpc) is 0. The van der Waals surface area contributed by atoms with E-state index in [0.717, 1.165) is 0 Å². The average molecular weight is 243 g/mol. The lowest BCUT2D eigenvalue weighted by molar-refractivity contribution is 0.823. The summed E-state index contributed by atoms with van der Waals surface area (Å²) in [6.07, 6.45) is 0. The Morgan fingerprint density at radius 3 is 0.364 bits per heavy atom. The molecule has 0 atom stereocenters. The molecule has 0 fully saturated rings. The van der Waals surface area contributed by atoms with E-state index in [1.807, 2.05) is 0 Å². The van der Waals surface area contributed by atoms with Crippen LogP contribution in [0.3, 0.4) is 0 Å². The van der Waals surface area contributed by atoms with E-state index in [4.69, 9.17) is 0 Å². The van der Waals surface area contributed by atoms with Gasteiger partial charge in [-0.1, -0.05) is 0 Å². The highest BCUT2D eigenvalue weighted by molar-refractivity contribution is 5.76. The lowest BCUT2D eigenvalue weighted by Crippen LogP contribution is -0.382. The minimum absolute atomic E-state index is 0. The molecule has 11 heavy (non-hydrogen) atoms. The molecule has 0 aromatic heterocycles. The van der Waals surface area contributed by atoms with E-state index in [9.17, 15) is 0 Å². The molecule has 0 saturated carbocycles. The maximum absolute atomic E-state index is 0. The molecule has 0 aliphatic carbocycles. The fourth-order valence-electron chi connectivity index (χ4n) is 0. The Morgan fingerprint density at radius 2 is 0.364 bits per heavy atom. The van der Waals surface area contributed by atoms with Crippen LogP contribution in [-0.2, 0) is 0 Å². The van der Waals surface area contributed by atoms with Crippen LogP contribution in [-0.4, -0.2) is 113 Å². The molecule has 11 heteroatoms. The normalized spacial score (nSPS) is 0. The molecule has 0 rings (SSSR count). The van der Waals surface area contributed by atoms with E-state index in [0.29, 0.717) is 0 Å². The van der Waals surface area contributed by atoms with Crippen molar-refractivity contribution in [3.63, 3.8) is 0 Å². The first-order valence-corrected chi connectivity index (χ1v) is 0.